The highest BCUT2D eigenvalue weighted by molar-refractivity contribution is 5.77. The second-order valence-electron chi connectivity index (χ2n) is 4.94. The quantitative estimate of drug-likeness (QED) is 0.707. The minimum absolute atomic E-state index is 0.0488. The number of hydrogen-bond donors (Lipinski definition) is 3. The molecule has 0 bridgehead atoms. The first-order valence-electron chi connectivity index (χ1n) is 7.05. The number of carbonyl (C=O) groups is 1. The van der Waals surface area contributed by atoms with Crippen LogP contribution in [0.1, 0.15) is 23.6 Å². The van der Waals surface area contributed by atoms with Gasteiger partial charge in [-0.25, -0.2) is 0 Å². The van der Waals surface area contributed by atoms with Crippen LogP contribution in [0.4, 0.5) is 0 Å². The van der Waals surface area contributed by atoms with E-state index in [1.807, 2.05) is 12.1 Å². The molecular weight excluding hydrogens is 272 g/mol. The van der Waals surface area contributed by atoms with Crippen molar-refractivity contribution in [2.45, 2.75) is 18.9 Å². The molecule has 6 nitrogen and oxygen atoms in total. The molecule has 1 aromatic rings. The van der Waals surface area contributed by atoms with Crippen LogP contribution in [0.3, 0.4) is 0 Å². The van der Waals surface area contributed by atoms with E-state index in [-0.39, 0.29) is 25.1 Å². The minimum atomic E-state index is -0.0795. The first-order chi connectivity index (χ1) is 10.2. The first kappa shape index (κ1) is 15.6. The molecular formula is C15H22N2O4. The maximum atomic E-state index is 11.8. The predicted octanol–water partition coefficient (Wildman–Crippen LogP) is 0.389. The smallest absolute Gasteiger partial charge is 0.221 e. The van der Waals surface area contributed by atoms with E-state index in [0.29, 0.717) is 17.9 Å². The van der Waals surface area contributed by atoms with Crippen LogP contribution in [0.2, 0.25) is 0 Å². The van der Waals surface area contributed by atoms with Crippen molar-refractivity contribution < 1.29 is 19.4 Å². The number of ether oxygens (including phenoxy) is 2. The summed E-state index contributed by atoms with van der Waals surface area (Å²) in [5.41, 5.74) is 2.24. The van der Waals surface area contributed by atoms with Crippen LogP contribution in [0.5, 0.6) is 11.5 Å². The van der Waals surface area contributed by atoms with Gasteiger partial charge >= 0.3 is 0 Å². The van der Waals surface area contributed by atoms with Crippen molar-refractivity contribution in [2.75, 3.05) is 33.9 Å². The molecule has 2 rings (SSSR count). The average molecular weight is 294 g/mol. The lowest BCUT2D eigenvalue weighted by Gasteiger charge is -2.27. The number of amides is 1. The molecule has 0 unspecified atom stereocenters. The standard InChI is InChI=1S/C15H22N2O4/c1-20-13-7-10-3-4-16-12(9-15(19)17-5-6-18)11(10)8-14(13)21-2/h7-8,12,16,18H,3-6,9H2,1-2H3,(H,17,19)/t12-/m0/s1. The fourth-order valence-electron chi connectivity index (χ4n) is 2.60. The molecule has 116 valence electrons. The molecule has 0 fully saturated rings. The van der Waals surface area contributed by atoms with E-state index in [1.165, 1.54) is 5.56 Å². The molecule has 1 aliphatic heterocycles. The van der Waals surface area contributed by atoms with Crippen LogP contribution < -0.4 is 20.1 Å². The molecule has 6 heteroatoms. The van der Waals surface area contributed by atoms with E-state index in [9.17, 15) is 4.79 Å². The fourth-order valence-corrected chi connectivity index (χ4v) is 2.60. The van der Waals surface area contributed by atoms with Crippen LogP contribution in [0, 0.1) is 0 Å². The monoisotopic (exact) mass is 294 g/mol. The third-order valence-electron chi connectivity index (χ3n) is 3.63. The third-order valence-corrected chi connectivity index (χ3v) is 3.63. The Labute approximate surface area is 124 Å². The van der Waals surface area contributed by atoms with Gasteiger partial charge in [0.15, 0.2) is 11.5 Å². The Bertz CT molecular complexity index is 505. The number of aliphatic hydroxyl groups is 1. The molecule has 1 aromatic carbocycles. The number of methoxy groups -OCH3 is 2. The van der Waals surface area contributed by atoms with Gasteiger partial charge < -0.3 is 25.2 Å². The van der Waals surface area contributed by atoms with Crippen molar-refractivity contribution in [1.82, 2.24) is 10.6 Å². The van der Waals surface area contributed by atoms with Crippen LogP contribution >= 0.6 is 0 Å². The summed E-state index contributed by atoms with van der Waals surface area (Å²) in [7, 11) is 3.22. The molecule has 0 saturated carbocycles. The van der Waals surface area contributed by atoms with Crippen molar-refractivity contribution in [3.05, 3.63) is 23.3 Å². The number of hydrogen-bond acceptors (Lipinski definition) is 5. The second-order valence-corrected chi connectivity index (χ2v) is 4.94. The number of benzene rings is 1. The van der Waals surface area contributed by atoms with Gasteiger partial charge in [-0.1, -0.05) is 0 Å². The summed E-state index contributed by atoms with van der Waals surface area (Å²) in [5.74, 6) is 1.30. The van der Waals surface area contributed by atoms with Crippen molar-refractivity contribution in [1.29, 1.82) is 0 Å². The van der Waals surface area contributed by atoms with Gasteiger partial charge in [-0.3, -0.25) is 4.79 Å². The largest absolute Gasteiger partial charge is 0.493 e. The van der Waals surface area contributed by atoms with Gasteiger partial charge in [0.25, 0.3) is 0 Å². The summed E-state index contributed by atoms with van der Waals surface area (Å²) in [5, 5.41) is 14.8. The van der Waals surface area contributed by atoms with E-state index in [1.54, 1.807) is 14.2 Å². The number of carbonyl (C=O) groups excluding carboxylic acids is 1. The van der Waals surface area contributed by atoms with Crippen LogP contribution in [0.15, 0.2) is 12.1 Å². The molecule has 3 N–H and O–H groups in total. The Kier molecular flexibility index (Phi) is 5.41. The van der Waals surface area contributed by atoms with Crippen LogP contribution in [-0.2, 0) is 11.2 Å². The lowest BCUT2D eigenvalue weighted by Crippen LogP contribution is -2.35. The maximum absolute atomic E-state index is 11.8. The Morgan fingerprint density at radius 1 is 1.38 bits per heavy atom. The molecule has 21 heavy (non-hydrogen) atoms. The Morgan fingerprint density at radius 2 is 2.10 bits per heavy atom. The van der Waals surface area contributed by atoms with Gasteiger partial charge in [-0.2, -0.15) is 0 Å². The lowest BCUT2D eigenvalue weighted by molar-refractivity contribution is -0.121. The highest BCUT2D eigenvalue weighted by Crippen LogP contribution is 2.36. The minimum Gasteiger partial charge on any atom is -0.493 e. The van der Waals surface area contributed by atoms with E-state index >= 15 is 0 Å². The highest BCUT2D eigenvalue weighted by atomic mass is 16.5. The third kappa shape index (κ3) is 3.65. The molecule has 0 spiro atoms. The molecule has 1 heterocycles. The van der Waals surface area contributed by atoms with Crippen molar-refractivity contribution in [3.63, 3.8) is 0 Å². The van der Waals surface area contributed by atoms with Gasteiger partial charge in [-0.15, -0.1) is 0 Å². The first-order valence-corrected chi connectivity index (χ1v) is 7.05. The van der Waals surface area contributed by atoms with Crippen LogP contribution in [0.25, 0.3) is 0 Å². The highest BCUT2D eigenvalue weighted by Gasteiger charge is 2.24. The average Bonchev–Trinajstić information content (AvgIpc) is 2.51. The Hall–Kier alpha value is -1.79. The van der Waals surface area contributed by atoms with E-state index in [2.05, 4.69) is 10.6 Å². The summed E-state index contributed by atoms with van der Waals surface area (Å²) < 4.78 is 10.7. The molecule has 1 aliphatic rings. The van der Waals surface area contributed by atoms with Gasteiger partial charge in [0.05, 0.1) is 20.8 Å². The van der Waals surface area contributed by atoms with Gasteiger partial charge in [0, 0.05) is 19.0 Å². The second kappa shape index (κ2) is 7.28. The zero-order chi connectivity index (χ0) is 15.2. The summed E-state index contributed by atoms with van der Waals surface area (Å²) >= 11 is 0. The van der Waals surface area contributed by atoms with Crippen molar-refractivity contribution >= 4 is 5.91 Å². The Morgan fingerprint density at radius 3 is 2.76 bits per heavy atom. The van der Waals surface area contributed by atoms with Gasteiger partial charge in [0.1, 0.15) is 0 Å². The zero-order valence-electron chi connectivity index (χ0n) is 12.4. The van der Waals surface area contributed by atoms with Crippen molar-refractivity contribution in [2.24, 2.45) is 0 Å². The topological polar surface area (TPSA) is 79.8 Å². The summed E-state index contributed by atoms with van der Waals surface area (Å²) in [6.07, 6.45) is 1.23. The molecule has 0 radical (unpaired) electrons. The molecule has 1 atom stereocenters. The number of rotatable bonds is 6. The SMILES string of the molecule is COc1cc2c(cc1OC)[C@H](CC(=O)NCCO)NCC2. The number of fused-ring (bicyclic) bond motifs is 1. The molecule has 0 aliphatic carbocycles. The lowest BCUT2D eigenvalue weighted by atomic mass is 9.91. The maximum Gasteiger partial charge on any atom is 0.221 e. The fraction of sp³-hybridized carbons (Fsp3) is 0.533. The summed E-state index contributed by atoms with van der Waals surface area (Å²) in [6.45, 7) is 1.05. The molecule has 1 amide bonds. The van der Waals surface area contributed by atoms with E-state index in [0.717, 1.165) is 18.5 Å². The van der Waals surface area contributed by atoms with Crippen molar-refractivity contribution in [3.8, 4) is 11.5 Å². The van der Waals surface area contributed by atoms with E-state index in [4.69, 9.17) is 14.6 Å². The molecule has 0 saturated heterocycles. The molecule has 0 aromatic heterocycles. The number of nitrogens with one attached hydrogen (secondary N) is 2. The van der Waals surface area contributed by atoms with E-state index < -0.39 is 0 Å². The predicted molar refractivity (Wildman–Crippen MR) is 78.7 cm³/mol. The van der Waals surface area contributed by atoms with Gasteiger partial charge in [0.2, 0.25) is 5.91 Å². The normalized spacial score (nSPS) is 17.0. The Balaban J connectivity index is 2.19. The summed E-state index contributed by atoms with van der Waals surface area (Å²) in [6, 6.07) is 3.87. The number of aliphatic hydroxyl groups excluding tert-OH is 1. The van der Waals surface area contributed by atoms with Gasteiger partial charge in [-0.05, 0) is 36.2 Å². The summed E-state index contributed by atoms with van der Waals surface area (Å²) in [4.78, 5) is 11.8. The van der Waals surface area contributed by atoms with Crippen LogP contribution in [-0.4, -0.2) is 44.9 Å². The zero-order valence-corrected chi connectivity index (χ0v) is 12.4.